The van der Waals surface area contributed by atoms with Crippen LogP contribution in [0.4, 0.5) is 5.69 Å². The Hall–Kier alpha value is -0.640. The number of hydrogen-bond donors (Lipinski definition) is 1. The first-order valence-electron chi connectivity index (χ1n) is 4.58. The normalized spacial score (nSPS) is 10.4. The van der Waals surface area contributed by atoms with Crippen LogP contribution in [0.15, 0.2) is 39.2 Å². The molecule has 0 aliphatic rings. The second-order valence-electron chi connectivity index (χ2n) is 3.18. The van der Waals surface area contributed by atoms with Crippen LogP contribution in [0.25, 0.3) is 0 Å². The Kier molecular flexibility index (Phi) is 3.79. The third-order valence-corrected chi connectivity index (χ3v) is 3.04. The van der Waals surface area contributed by atoms with Crippen LogP contribution in [0.5, 0.6) is 0 Å². The lowest BCUT2D eigenvalue weighted by Crippen LogP contribution is -1.98. The quantitative estimate of drug-likeness (QED) is 0.864. The summed E-state index contributed by atoms with van der Waals surface area (Å²) in [5, 5.41) is 4.22. The van der Waals surface area contributed by atoms with Crippen LogP contribution in [0.1, 0.15) is 5.76 Å². The van der Waals surface area contributed by atoms with Crippen molar-refractivity contribution in [2.45, 2.75) is 6.54 Å². The summed E-state index contributed by atoms with van der Waals surface area (Å²) >= 11 is 15.1. The van der Waals surface area contributed by atoms with Crippen molar-refractivity contribution in [3.63, 3.8) is 0 Å². The van der Waals surface area contributed by atoms with Crippen LogP contribution in [0, 0.1) is 0 Å². The minimum absolute atomic E-state index is 0.386. The van der Waals surface area contributed by atoms with Gasteiger partial charge in [-0.2, -0.15) is 0 Å². The summed E-state index contributed by atoms with van der Waals surface area (Å²) in [7, 11) is 0. The zero-order chi connectivity index (χ0) is 11.5. The number of halogens is 3. The SMILES string of the molecule is Clc1ccc(CNc2cc(Br)ccc2Cl)o1. The summed E-state index contributed by atoms with van der Waals surface area (Å²) < 4.78 is 6.19. The Morgan fingerprint density at radius 1 is 1.19 bits per heavy atom. The highest BCUT2D eigenvalue weighted by molar-refractivity contribution is 9.10. The van der Waals surface area contributed by atoms with Crippen LogP contribution in [0.2, 0.25) is 10.2 Å². The zero-order valence-corrected chi connectivity index (χ0v) is 11.2. The summed E-state index contributed by atoms with van der Waals surface area (Å²) in [5.74, 6) is 0.765. The van der Waals surface area contributed by atoms with Crippen molar-refractivity contribution in [3.05, 3.63) is 50.8 Å². The van der Waals surface area contributed by atoms with Gasteiger partial charge in [-0.1, -0.05) is 27.5 Å². The lowest BCUT2D eigenvalue weighted by atomic mass is 10.3. The van der Waals surface area contributed by atoms with Crippen LogP contribution < -0.4 is 5.32 Å². The molecule has 1 aromatic carbocycles. The number of anilines is 1. The van der Waals surface area contributed by atoms with Crippen molar-refractivity contribution in [2.75, 3.05) is 5.32 Å². The van der Waals surface area contributed by atoms with E-state index in [1.54, 1.807) is 6.07 Å². The van der Waals surface area contributed by atoms with Crippen LogP contribution in [-0.2, 0) is 6.54 Å². The van der Waals surface area contributed by atoms with E-state index in [0.29, 0.717) is 16.8 Å². The number of benzene rings is 1. The minimum atomic E-state index is 0.386. The van der Waals surface area contributed by atoms with Gasteiger partial charge in [-0.25, -0.2) is 0 Å². The second kappa shape index (κ2) is 5.13. The van der Waals surface area contributed by atoms with Crippen LogP contribution >= 0.6 is 39.1 Å². The second-order valence-corrected chi connectivity index (χ2v) is 4.88. The Morgan fingerprint density at radius 3 is 2.69 bits per heavy atom. The van der Waals surface area contributed by atoms with Crippen LogP contribution in [0.3, 0.4) is 0 Å². The van der Waals surface area contributed by atoms with Gasteiger partial charge >= 0.3 is 0 Å². The van der Waals surface area contributed by atoms with E-state index in [-0.39, 0.29) is 0 Å². The summed E-state index contributed by atoms with van der Waals surface area (Å²) in [6.45, 7) is 0.545. The molecule has 0 unspecified atom stereocenters. The molecule has 0 fully saturated rings. The first-order valence-corrected chi connectivity index (χ1v) is 6.13. The molecule has 16 heavy (non-hydrogen) atoms. The van der Waals surface area contributed by atoms with Crippen molar-refractivity contribution in [3.8, 4) is 0 Å². The first kappa shape index (κ1) is 11.8. The van der Waals surface area contributed by atoms with E-state index in [9.17, 15) is 0 Å². The molecule has 0 amide bonds. The van der Waals surface area contributed by atoms with E-state index < -0.39 is 0 Å². The topological polar surface area (TPSA) is 25.2 Å². The highest BCUT2D eigenvalue weighted by Gasteiger charge is 2.03. The Morgan fingerprint density at radius 2 is 2.00 bits per heavy atom. The lowest BCUT2D eigenvalue weighted by molar-refractivity contribution is 0.520. The molecule has 2 aromatic rings. The average molecular weight is 321 g/mol. The van der Waals surface area contributed by atoms with E-state index in [2.05, 4.69) is 21.2 Å². The first-order chi connectivity index (χ1) is 7.65. The molecule has 0 saturated carbocycles. The highest BCUT2D eigenvalue weighted by atomic mass is 79.9. The molecule has 2 nitrogen and oxygen atoms in total. The number of rotatable bonds is 3. The maximum Gasteiger partial charge on any atom is 0.193 e. The minimum Gasteiger partial charge on any atom is -0.448 e. The number of furan rings is 1. The van der Waals surface area contributed by atoms with E-state index >= 15 is 0 Å². The maximum atomic E-state index is 6.03. The largest absolute Gasteiger partial charge is 0.448 e. The van der Waals surface area contributed by atoms with Crippen molar-refractivity contribution in [1.29, 1.82) is 0 Å². The van der Waals surface area contributed by atoms with Gasteiger partial charge in [-0.15, -0.1) is 0 Å². The molecule has 1 aromatic heterocycles. The molecule has 0 saturated heterocycles. The molecular formula is C11H8BrCl2NO. The summed E-state index contributed by atoms with van der Waals surface area (Å²) in [6.07, 6.45) is 0. The van der Waals surface area contributed by atoms with Gasteiger partial charge in [-0.05, 0) is 41.9 Å². The predicted molar refractivity (Wildman–Crippen MR) is 70.2 cm³/mol. The van der Waals surface area contributed by atoms with Gasteiger partial charge in [0.05, 0.1) is 17.3 Å². The monoisotopic (exact) mass is 319 g/mol. The number of hydrogen-bond acceptors (Lipinski definition) is 2. The summed E-state index contributed by atoms with van der Waals surface area (Å²) in [5.41, 5.74) is 0.851. The molecule has 0 radical (unpaired) electrons. The van der Waals surface area contributed by atoms with Gasteiger partial charge < -0.3 is 9.73 Å². The summed E-state index contributed by atoms with van der Waals surface area (Å²) in [4.78, 5) is 0. The third kappa shape index (κ3) is 2.94. The van der Waals surface area contributed by atoms with E-state index in [0.717, 1.165) is 15.9 Å². The van der Waals surface area contributed by atoms with Crippen molar-refractivity contribution < 1.29 is 4.42 Å². The molecular weight excluding hydrogens is 313 g/mol. The predicted octanol–water partition coefficient (Wildman–Crippen LogP) is 4.96. The Labute approximate surface area is 112 Å². The number of nitrogens with one attached hydrogen (secondary N) is 1. The molecule has 0 bridgehead atoms. The fraction of sp³-hybridized carbons (Fsp3) is 0.0909. The van der Waals surface area contributed by atoms with Crippen molar-refractivity contribution >= 4 is 44.8 Å². The molecule has 0 atom stereocenters. The smallest absolute Gasteiger partial charge is 0.193 e. The van der Waals surface area contributed by atoms with Crippen LogP contribution in [-0.4, -0.2) is 0 Å². The molecule has 0 aliphatic carbocycles. The van der Waals surface area contributed by atoms with Crippen molar-refractivity contribution in [2.24, 2.45) is 0 Å². The maximum absolute atomic E-state index is 6.03. The van der Waals surface area contributed by atoms with Gasteiger partial charge in [0, 0.05) is 4.47 Å². The molecule has 0 spiro atoms. The van der Waals surface area contributed by atoms with Crippen molar-refractivity contribution in [1.82, 2.24) is 0 Å². The van der Waals surface area contributed by atoms with Gasteiger partial charge in [0.1, 0.15) is 5.76 Å². The zero-order valence-electron chi connectivity index (χ0n) is 8.14. The molecule has 84 valence electrons. The molecule has 2 rings (SSSR count). The Bertz CT molecular complexity index is 498. The lowest BCUT2D eigenvalue weighted by Gasteiger charge is -2.06. The Balaban J connectivity index is 2.07. The average Bonchev–Trinajstić information content (AvgIpc) is 2.66. The van der Waals surface area contributed by atoms with Gasteiger partial charge in [0.25, 0.3) is 0 Å². The molecule has 1 N–H and O–H groups in total. The van der Waals surface area contributed by atoms with E-state index in [1.807, 2.05) is 24.3 Å². The fourth-order valence-electron chi connectivity index (χ4n) is 1.26. The highest BCUT2D eigenvalue weighted by Crippen LogP contribution is 2.26. The van der Waals surface area contributed by atoms with Gasteiger partial charge in [-0.3, -0.25) is 0 Å². The van der Waals surface area contributed by atoms with Gasteiger partial charge in [0.15, 0.2) is 5.22 Å². The van der Waals surface area contributed by atoms with E-state index in [4.69, 9.17) is 27.6 Å². The molecule has 1 heterocycles. The van der Waals surface area contributed by atoms with E-state index in [1.165, 1.54) is 0 Å². The molecule has 0 aliphatic heterocycles. The van der Waals surface area contributed by atoms with Gasteiger partial charge in [0.2, 0.25) is 0 Å². The standard InChI is InChI=1S/C11H8BrCl2NO/c12-7-1-3-9(13)10(5-7)15-6-8-2-4-11(14)16-8/h1-5,15H,6H2. The summed E-state index contributed by atoms with van der Waals surface area (Å²) in [6, 6.07) is 9.15. The fourth-order valence-corrected chi connectivity index (χ4v) is 1.97. The molecule has 5 heteroatoms. The third-order valence-electron chi connectivity index (χ3n) is 2.01.